The number of rotatable bonds is 2. The first-order valence-electron chi connectivity index (χ1n) is 13.6. The Balaban J connectivity index is 1.16. The molecule has 19 heteroatoms. The molecule has 4 aromatic heterocycles. The van der Waals surface area contributed by atoms with E-state index in [0.717, 1.165) is 0 Å². The highest BCUT2D eigenvalue weighted by Gasteiger charge is 2.48. The Hall–Kier alpha value is -3.88. The van der Waals surface area contributed by atoms with Gasteiger partial charge in [0.25, 0.3) is 5.56 Å². The van der Waals surface area contributed by atoms with Crippen LogP contribution < -0.4 is 27.2 Å². The maximum Gasteiger partial charge on any atom is 0.279 e. The van der Waals surface area contributed by atoms with E-state index < -0.39 is 49.0 Å². The number of ether oxygens (including phenoxy) is 2. The molecule has 0 amide bonds. The van der Waals surface area contributed by atoms with Crippen LogP contribution in [0, 0.1) is 6.92 Å². The maximum atomic E-state index is 12.4. The molecule has 0 aliphatic carbocycles. The molecule has 43 heavy (non-hydrogen) atoms. The van der Waals surface area contributed by atoms with Crippen molar-refractivity contribution in [1.82, 2.24) is 55.0 Å². The fourth-order valence-corrected chi connectivity index (χ4v) is 6.38. The number of aromatic amines is 1. The number of aryl methyl sites for hydroxylation is 1. The van der Waals surface area contributed by atoms with Crippen molar-refractivity contribution in [3.8, 4) is 0 Å². The van der Waals surface area contributed by atoms with Gasteiger partial charge in [0.2, 0.25) is 0 Å². The molecule has 7 rings (SSSR count). The Labute approximate surface area is 253 Å². The van der Waals surface area contributed by atoms with E-state index in [1.807, 2.05) is 0 Å². The number of aliphatic hydroxyl groups is 2. The van der Waals surface area contributed by atoms with Crippen molar-refractivity contribution in [1.29, 1.82) is 0 Å². The standard InChI is InChI=1S/C24H28N12O5S2/c1-8-31-20-15(21(39)32-8)30-7-36(20)22-13-16(37)9(40-22)2-3-11(42)33-12-10(4-26-24(43)34-13)41-23(17(12)38)35-6-29-14-18(25)27-5-28-19(14)35/h5-7,9-10,12-13,16-17,22-23,37-38H,2-4H2,1H3,(H,33,42)(H2,25,27,28)(H2,26,34,43)(H,31,32,39)/t9-,10-,12+,13+,16?,17?,22-,23-/m1/s1. The second-order valence-electron chi connectivity index (χ2n) is 10.7. The fraction of sp³-hybridized carbons (Fsp3) is 0.500. The minimum absolute atomic E-state index is 0.156. The highest BCUT2D eigenvalue weighted by Crippen LogP contribution is 2.35. The lowest BCUT2D eigenvalue weighted by Crippen LogP contribution is -2.53. The van der Waals surface area contributed by atoms with Crippen molar-refractivity contribution in [2.24, 2.45) is 0 Å². The summed E-state index contributed by atoms with van der Waals surface area (Å²) in [6, 6.07) is -1.32. The molecule has 8 N–H and O–H groups in total. The average molecular weight is 629 g/mol. The molecule has 2 bridgehead atoms. The summed E-state index contributed by atoms with van der Waals surface area (Å²) < 4.78 is 15.8. The molecule has 0 saturated carbocycles. The number of imidazole rings is 2. The van der Waals surface area contributed by atoms with E-state index in [-0.39, 0.29) is 28.6 Å². The number of nitrogens with two attached hydrogens (primary N) is 1. The van der Waals surface area contributed by atoms with E-state index in [4.69, 9.17) is 39.6 Å². The van der Waals surface area contributed by atoms with Crippen molar-refractivity contribution in [3.05, 3.63) is 35.2 Å². The number of nitrogens with one attached hydrogen (secondary N) is 4. The third-order valence-corrected chi connectivity index (χ3v) is 8.56. The SMILES string of the molecule is Cc1nc2c(ncn2[C@@H]2O[C@@H]3CCC(=S)N[C@@H]4C(O)[C@H](n5cnc6c(N)ncnc65)O[C@@H]4CNC(=S)N[C@H]2C3O)c(=O)[nH]1. The summed E-state index contributed by atoms with van der Waals surface area (Å²) in [6.07, 6.45) is 0.129. The number of H-pyrrole nitrogens is 1. The van der Waals surface area contributed by atoms with E-state index in [9.17, 15) is 15.0 Å². The second kappa shape index (κ2) is 10.7. The van der Waals surface area contributed by atoms with E-state index in [2.05, 4.69) is 45.9 Å². The first-order chi connectivity index (χ1) is 20.7. The number of thiocarbonyl (C=S) groups is 2. The van der Waals surface area contributed by atoms with Crippen LogP contribution in [0.5, 0.6) is 0 Å². The molecule has 0 spiro atoms. The number of fused-ring (bicyclic) bond motifs is 5. The zero-order valence-corrected chi connectivity index (χ0v) is 24.2. The first kappa shape index (κ1) is 27.9. The molecule has 2 unspecified atom stereocenters. The van der Waals surface area contributed by atoms with Crippen molar-refractivity contribution < 1.29 is 19.7 Å². The fourth-order valence-electron chi connectivity index (χ4n) is 5.91. The highest BCUT2D eigenvalue weighted by molar-refractivity contribution is 7.80. The Morgan fingerprint density at radius 1 is 0.953 bits per heavy atom. The van der Waals surface area contributed by atoms with Gasteiger partial charge >= 0.3 is 0 Å². The summed E-state index contributed by atoms with van der Waals surface area (Å²) in [5, 5.41) is 32.5. The highest BCUT2D eigenvalue weighted by atomic mass is 32.1. The molecule has 3 fully saturated rings. The lowest BCUT2D eigenvalue weighted by atomic mass is 10.0. The molecular weight excluding hydrogens is 600 g/mol. The van der Waals surface area contributed by atoms with Crippen LogP contribution in [0.15, 0.2) is 23.8 Å². The predicted octanol–water partition coefficient (Wildman–Crippen LogP) is -1.72. The van der Waals surface area contributed by atoms with Crippen LogP contribution in [0.2, 0.25) is 0 Å². The lowest BCUT2D eigenvalue weighted by molar-refractivity contribution is -0.0332. The van der Waals surface area contributed by atoms with Gasteiger partial charge in [-0.3, -0.25) is 13.9 Å². The number of hydrogen-bond acceptors (Lipinski definition) is 13. The lowest BCUT2D eigenvalue weighted by Gasteiger charge is -2.26. The molecule has 8 atom stereocenters. The van der Waals surface area contributed by atoms with Gasteiger partial charge in [0.05, 0.1) is 29.8 Å². The molecule has 0 aromatic carbocycles. The van der Waals surface area contributed by atoms with Gasteiger partial charge in [0, 0.05) is 13.0 Å². The van der Waals surface area contributed by atoms with E-state index in [0.29, 0.717) is 40.5 Å². The van der Waals surface area contributed by atoms with Gasteiger partial charge in [-0.1, -0.05) is 12.2 Å². The van der Waals surface area contributed by atoms with Gasteiger partial charge < -0.3 is 46.4 Å². The smallest absolute Gasteiger partial charge is 0.279 e. The van der Waals surface area contributed by atoms with Crippen LogP contribution in [-0.4, -0.2) is 102 Å². The summed E-state index contributed by atoms with van der Waals surface area (Å²) in [7, 11) is 0. The summed E-state index contributed by atoms with van der Waals surface area (Å²) in [5.41, 5.74) is 6.88. The van der Waals surface area contributed by atoms with E-state index >= 15 is 0 Å². The van der Waals surface area contributed by atoms with Crippen molar-refractivity contribution in [2.75, 3.05) is 12.3 Å². The van der Waals surface area contributed by atoms with Crippen LogP contribution in [-0.2, 0) is 9.47 Å². The molecule has 0 radical (unpaired) electrons. The normalized spacial score (nSPS) is 31.5. The molecule has 3 saturated heterocycles. The second-order valence-corrected chi connectivity index (χ2v) is 11.6. The Bertz CT molecular complexity index is 1790. The van der Waals surface area contributed by atoms with Crippen molar-refractivity contribution in [2.45, 2.75) is 68.7 Å². The summed E-state index contributed by atoms with van der Waals surface area (Å²) in [5.74, 6) is 0.635. The third-order valence-electron chi connectivity index (χ3n) is 7.98. The Kier molecular flexibility index (Phi) is 6.94. The number of nitrogen functional groups attached to an aromatic ring is 1. The summed E-state index contributed by atoms with van der Waals surface area (Å²) in [6.45, 7) is 1.86. The van der Waals surface area contributed by atoms with Crippen LogP contribution in [0.25, 0.3) is 22.3 Å². The minimum Gasteiger partial charge on any atom is -0.388 e. The van der Waals surface area contributed by atoms with Gasteiger partial charge in [-0.2, -0.15) is 0 Å². The van der Waals surface area contributed by atoms with Crippen LogP contribution in [0.1, 0.15) is 31.1 Å². The third kappa shape index (κ3) is 4.77. The molecular formula is C24H28N12O5S2. The quantitative estimate of drug-likeness (QED) is 0.122. The molecule has 226 valence electrons. The maximum absolute atomic E-state index is 12.4. The number of aromatic nitrogens is 8. The monoisotopic (exact) mass is 628 g/mol. The van der Waals surface area contributed by atoms with Gasteiger partial charge in [-0.05, 0) is 25.6 Å². The molecule has 3 aliphatic rings. The molecule has 3 aliphatic heterocycles. The van der Waals surface area contributed by atoms with Crippen LogP contribution in [0.4, 0.5) is 5.82 Å². The first-order valence-corrected chi connectivity index (χ1v) is 14.4. The largest absolute Gasteiger partial charge is 0.388 e. The van der Waals surface area contributed by atoms with Crippen molar-refractivity contribution in [3.63, 3.8) is 0 Å². The summed E-state index contributed by atoms with van der Waals surface area (Å²) in [4.78, 5) is 36.7. The Morgan fingerprint density at radius 2 is 1.70 bits per heavy atom. The minimum atomic E-state index is -1.04. The molecule has 7 heterocycles. The molecule has 17 nitrogen and oxygen atoms in total. The van der Waals surface area contributed by atoms with E-state index in [1.54, 1.807) is 16.1 Å². The van der Waals surface area contributed by atoms with Gasteiger partial charge in [0.15, 0.2) is 40.2 Å². The number of anilines is 1. The van der Waals surface area contributed by atoms with E-state index in [1.165, 1.54) is 19.0 Å². The van der Waals surface area contributed by atoms with Gasteiger partial charge in [-0.15, -0.1) is 0 Å². The topological polar surface area (TPSA) is 228 Å². The Morgan fingerprint density at radius 3 is 2.51 bits per heavy atom. The zero-order chi connectivity index (χ0) is 30.0. The average Bonchev–Trinajstić information content (AvgIpc) is 3.72. The van der Waals surface area contributed by atoms with Crippen LogP contribution in [0.3, 0.4) is 0 Å². The van der Waals surface area contributed by atoms with Gasteiger partial charge in [0.1, 0.15) is 42.0 Å². The zero-order valence-electron chi connectivity index (χ0n) is 22.6. The molecule has 4 aromatic rings. The summed E-state index contributed by atoms with van der Waals surface area (Å²) >= 11 is 11.3. The number of hydrogen-bond donors (Lipinski definition) is 7. The number of aliphatic hydroxyl groups excluding tert-OH is 2. The van der Waals surface area contributed by atoms with Crippen LogP contribution >= 0.6 is 24.4 Å². The van der Waals surface area contributed by atoms with Gasteiger partial charge in [-0.25, -0.2) is 24.9 Å². The predicted molar refractivity (Wildman–Crippen MR) is 159 cm³/mol. The number of nitrogens with zero attached hydrogens (tertiary/aromatic N) is 7. The van der Waals surface area contributed by atoms with Crippen molar-refractivity contribution >= 4 is 62.7 Å².